The van der Waals surface area contributed by atoms with Crippen LogP contribution in [0.25, 0.3) is 11.1 Å². The maximum absolute atomic E-state index is 12.4. The Balaban J connectivity index is 1.61. The first-order valence-electron chi connectivity index (χ1n) is 12.0. The molecule has 6 nitrogen and oxygen atoms in total. The van der Waals surface area contributed by atoms with Crippen LogP contribution in [0.2, 0.25) is 0 Å². The molecule has 0 aromatic heterocycles. The average molecular weight is 450 g/mol. The lowest BCUT2D eigenvalue weighted by molar-refractivity contribution is -0.117. The lowest BCUT2D eigenvalue weighted by atomic mass is 9.89. The van der Waals surface area contributed by atoms with E-state index in [1.807, 2.05) is 31.7 Å². The summed E-state index contributed by atoms with van der Waals surface area (Å²) < 4.78 is 5.33. The molecule has 2 aliphatic rings. The maximum Gasteiger partial charge on any atom is 0.407 e. The smallest absolute Gasteiger partial charge is 0.407 e. The van der Waals surface area contributed by atoms with Gasteiger partial charge in [-0.25, -0.2) is 4.79 Å². The van der Waals surface area contributed by atoms with Gasteiger partial charge in [-0.3, -0.25) is 9.69 Å². The molecule has 0 spiro atoms. The van der Waals surface area contributed by atoms with E-state index in [2.05, 4.69) is 46.6 Å². The van der Waals surface area contributed by atoms with E-state index in [0.717, 1.165) is 28.9 Å². The van der Waals surface area contributed by atoms with Crippen molar-refractivity contribution in [3.8, 4) is 11.1 Å². The molecule has 0 radical (unpaired) electrons. The third-order valence-electron chi connectivity index (χ3n) is 6.55. The summed E-state index contributed by atoms with van der Waals surface area (Å²) in [5.74, 6) is 0.00553. The van der Waals surface area contributed by atoms with Crippen molar-refractivity contribution >= 4 is 17.7 Å². The van der Waals surface area contributed by atoms with E-state index in [1.54, 1.807) is 6.92 Å². The first-order valence-corrected chi connectivity index (χ1v) is 12.0. The fourth-order valence-electron chi connectivity index (χ4n) is 5.05. The van der Waals surface area contributed by atoms with Crippen LogP contribution < -0.4 is 10.2 Å². The number of nitrogens with zero attached hydrogens (tertiary/aromatic N) is 2. The van der Waals surface area contributed by atoms with Crippen molar-refractivity contribution in [1.29, 1.82) is 0 Å². The van der Waals surface area contributed by atoms with E-state index in [9.17, 15) is 9.59 Å². The van der Waals surface area contributed by atoms with Crippen molar-refractivity contribution in [2.45, 2.75) is 71.7 Å². The fraction of sp³-hybridized carbons (Fsp3) is 0.481. The number of hydrogen-bond acceptors (Lipinski definition) is 4. The van der Waals surface area contributed by atoms with Crippen molar-refractivity contribution < 1.29 is 14.3 Å². The van der Waals surface area contributed by atoms with E-state index >= 15 is 0 Å². The molecule has 1 N–H and O–H groups in total. The Labute approximate surface area is 196 Å². The monoisotopic (exact) mass is 449 g/mol. The second-order valence-electron chi connectivity index (χ2n) is 9.58. The molecule has 2 aromatic rings. The van der Waals surface area contributed by atoms with E-state index < -0.39 is 6.09 Å². The van der Waals surface area contributed by atoms with Gasteiger partial charge >= 0.3 is 6.09 Å². The summed E-state index contributed by atoms with van der Waals surface area (Å²) in [5.41, 5.74) is 5.32. The van der Waals surface area contributed by atoms with Gasteiger partial charge in [-0.05, 0) is 87.5 Å². The summed E-state index contributed by atoms with van der Waals surface area (Å²) >= 11 is 0. The topological polar surface area (TPSA) is 61.9 Å². The van der Waals surface area contributed by atoms with Gasteiger partial charge in [0, 0.05) is 25.2 Å². The summed E-state index contributed by atoms with van der Waals surface area (Å²) in [5, 5.41) is 3.02. The molecular weight excluding hydrogens is 414 g/mol. The number of ether oxygens (including phenoxy) is 1. The Morgan fingerprint density at radius 1 is 1.06 bits per heavy atom. The van der Waals surface area contributed by atoms with E-state index in [0.29, 0.717) is 6.42 Å². The molecular formula is C27H35N3O3. The van der Waals surface area contributed by atoms with E-state index in [4.69, 9.17) is 4.74 Å². The van der Waals surface area contributed by atoms with Crippen LogP contribution in [0, 0.1) is 0 Å². The van der Waals surface area contributed by atoms with Gasteiger partial charge in [-0.2, -0.15) is 0 Å². The summed E-state index contributed by atoms with van der Waals surface area (Å²) in [6, 6.07) is 14.7. The highest BCUT2D eigenvalue weighted by Crippen LogP contribution is 2.39. The predicted octanol–water partition coefficient (Wildman–Crippen LogP) is 5.27. The quantitative estimate of drug-likeness (QED) is 0.675. The number of carbonyl (C=O) groups is 2. The normalized spacial score (nSPS) is 20.6. The number of hydrogen-bond donors (Lipinski definition) is 1. The molecule has 0 aliphatic carbocycles. The van der Waals surface area contributed by atoms with Crippen molar-refractivity contribution in [3.63, 3.8) is 0 Å². The molecule has 0 saturated carbocycles. The minimum atomic E-state index is -0.430. The second-order valence-corrected chi connectivity index (χ2v) is 9.58. The molecule has 0 bridgehead atoms. The Bertz CT molecular complexity index is 996. The highest BCUT2D eigenvalue weighted by molar-refractivity contribution is 5.94. The number of rotatable bonds is 5. The lowest BCUT2D eigenvalue weighted by Gasteiger charge is -2.39. The first-order chi connectivity index (χ1) is 15.8. The maximum atomic E-state index is 12.4. The second kappa shape index (κ2) is 9.96. The summed E-state index contributed by atoms with van der Waals surface area (Å²) in [6.07, 6.45) is 2.61. The number of alkyl carbamates (subject to hydrolysis) is 1. The number of benzene rings is 2. The molecule has 1 saturated heterocycles. The van der Waals surface area contributed by atoms with Crippen LogP contribution in [0.4, 0.5) is 10.5 Å². The van der Waals surface area contributed by atoms with Gasteiger partial charge in [-0.15, -0.1) is 0 Å². The van der Waals surface area contributed by atoms with Crippen LogP contribution in [0.15, 0.2) is 42.5 Å². The van der Waals surface area contributed by atoms with Crippen molar-refractivity contribution in [3.05, 3.63) is 53.6 Å². The Morgan fingerprint density at radius 3 is 2.36 bits per heavy atom. The SMILES string of the molecule is CC(=O)N1c2ccc(-c3ccc(CN4CCCC4)cc3)cc2[C@@H](NC(=O)OC(C)C)C[C@H]1C. The van der Waals surface area contributed by atoms with Gasteiger partial charge < -0.3 is 15.0 Å². The highest BCUT2D eigenvalue weighted by atomic mass is 16.6. The van der Waals surface area contributed by atoms with Gasteiger partial charge in [0.1, 0.15) is 0 Å². The number of amides is 2. The number of anilines is 1. The summed E-state index contributed by atoms with van der Waals surface area (Å²) in [4.78, 5) is 29.1. The van der Waals surface area contributed by atoms with Crippen LogP contribution in [0.3, 0.4) is 0 Å². The number of carbonyl (C=O) groups excluding carboxylic acids is 2. The standard InChI is InChI=1S/C27H35N3O3/c1-18(2)33-27(32)28-25-15-19(3)30(20(4)31)26-12-11-23(16-24(25)26)22-9-7-21(8-10-22)17-29-13-5-6-14-29/h7-12,16,18-19,25H,5-6,13-15,17H2,1-4H3,(H,28,32)/t19-,25+/m1/s1. The van der Waals surface area contributed by atoms with Gasteiger partial charge in [0.25, 0.3) is 0 Å². The van der Waals surface area contributed by atoms with Crippen LogP contribution in [-0.2, 0) is 16.1 Å². The van der Waals surface area contributed by atoms with Gasteiger partial charge in [-0.1, -0.05) is 30.3 Å². The minimum absolute atomic E-state index is 0.00553. The lowest BCUT2D eigenvalue weighted by Crippen LogP contribution is -2.45. The highest BCUT2D eigenvalue weighted by Gasteiger charge is 2.33. The van der Waals surface area contributed by atoms with Gasteiger partial charge in [0.15, 0.2) is 0 Å². The molecule has 33 heavy (non-hydrogen) atoms. The number of likely N-dealkylation sites (tertiary alicyclic amines) is 1. The van der Waals surface area contributed by atoms with Crippen LogP contribution in [0.1, 0.15) is 64.1 Å². The Hall–Kier alpha value is -2.86. The van der Waals surface area contributed by atoms with Crippen LogP contribution in [-0.4, -0.2) is 42.1 Å². The molecule has 0 unspecified atom stereocenters. The minimum Gasteiger partial charge on any atom is -0.447 e. The van der Waals surface area contributed by atoms with Crippen LogP contribution >= 0.6 is 0 Å². The van der Waals surface area contributed by atoms with Crippen LogP contribution in [0.5, 0.6) is 0 Å². The summed E-state index contributed by atoms with van der Waals surface area (Å²) in [7, 11) is 0. The van der Waals surface area contributed by atoms with Crippen molar-refractivity contribution in [2.75, 3.05) is 18.0 Å². The molecule has 4 rings (SSSR count). The number of nitrogens with one attached hydrogen (secondary N) is 1. The average Bonchev–Trinajstić information content (AvgIpc) is 3.26. The summed E-state index contributed by atoms with van der Waals surface area (Å²) in [6.45, 7) is 10.6. The zero-order chi connectivity index (χ0) is 23.5. The fourth-order valence-corrected chi connectivity index (χ4v) is 5.05. The third kappa shape index (κ3) is 5.38. The zero-order valence-electron chi connectivity index (χ0n) is 20.1. The largest absolute Gasteiger partial charge is 0.447 e. The molecule has 2 aliphatic heterocycles. The molecule has 2 aromatic carbocycles. The van der Waals surface area contributed by atoms with Gasteiger partial charge in [0.05, 0.1) is 12.1 Å². The van der Waals surface area contributed by atoms with E-state index in [-0.39, 0.29) is 24.1 Å². The molecule has 6 heteroatoms. The van der Waals surface area contributed by atoms with Crippen molar-refractivity contribution in [1.82, 2.24) is 10.2 Å². The molecule has 2 atom stereocenters. The predicted molar refractivity (Wildman–Crippen MR) is 131 cm³/mol. The molecule has 1 fully saturated rings. The third-order valence-corrected chi connectivity index (χ3v) is 6.55. The Kier molecular flexibility index (Phi) is 7.03. The molecule has 176 valence electrons. The first kappa shape index (κ1) is 23.3. The van der Waals surface area contributed by atoms with E-state index in [1.165, 1.54) is 31.5 Å². The number of fused-ring (bicyclic) bond motifs is 1. The van der Waals surface area contributed by atoms with Crippen molar-refractivity contribution in [2.24, 2.45) is 0 Å². The molecule has 2 heterocycles. The zero-order valence-corrected chi connectivity index (χ0v) is 20.1. The Morgan fingerprint density at radius 2 is 1.73 bits per heavy atom. The molecule has 2 amide bonds. The van der Waals surface area contributed by atoms with Gasteiger partial charge in [0.2, 0.25) is 5.91 Å².